The van der Waals surface area contributed by atoms with Gasteiger partial charge in [-0.2, -0.15) is 9.36 Å². The van der Waals surface area contributed by atoms with E-state index in [-0.39, 0.29) is 11.9 Å². The summed E-state index contributed by atoms with van der Waals surface area (Å²) in [6.45, 7) is 2.58. The molecule has 0 spiro atoms. The van der Waals surface area contributed by atoms with Crippen molar-refractivity contribution in [3.05, 3.63) is 29.6 Å². The third-order valence-electron chi connectivity index (χ3n) is 3.40. The lowest BCUT2D eigenvalue weighted by Crippen LogP contribution is -2.18. The van der Waals surface area contributed by atoms with Crippen LogP contribution in [0, 0.1) is 0 Å². The number of nitrogens with zero attached hydrogens (tertiary/aromatic N) is 2. The highest BCUT2D eigenvalue weighted by Gasteiger charge is 2.24. The molecule has 116 valence electrons. The summed E-state index contributed by atoms with van der Waals surface area (Å²) >= 11 is 1.19. The monoisotopic (exact) mass is 320 g/mol. The number of ether oxygens (including phenoxy) is 3. The van der Waals surface area contributed by atoms with E-state index in [0.717, 1.165) is 5.56 Å². The fourth-order valence-electron chi connectivity index (χ4n) is 2.27. The minimum Gasteiger partial charge on any atom is -0.430 e. The fourth-order valence-corrected chi connectivity index (χ4v) is 2.87. The van der Waals surface area contributed by atoms with Crippen molar-refractivity contribution in [1.82, 2.24) is 9.36 Å². The third-order valence-corrected chi connectivity index (χ3v) is 4.03. The predicted molar refractivity (Wildman–Crippen MR) is 80.7 cm³/mol. The van der Waals surface area contributed by atoms with Crippen molar-refractivity contribution in [2.45, 2.75) is 25.7 Å². The molecule has 2 aromatic rings. The van der Waals surface area contributed by atoms with Crippen LogP contribution in [-0.4, -0.2) is 29.0 Å². The van der Waals surface area contributed by atoms with Gasteiger partial charge in [0, 0.05) is 31.1 Å². The summed E-state index contributed by atoms with van der Waals surface area (Å²) in [5.74, 6) is 1.78. The topological polar surface area (TPSA) is 70.5 Å². The Hall–Kier alpha value is -1.99. The average Bonchev–Trinajstić information content (AvgIpc) is 2.92. The van der Waals surface area contributed by atoms with E-state index in [0.29, 0.717) is 42.0 Å². The van der Waals surface area contributed by atoms with E-state index in [1.54, 1.807) is 13.2 Å². The van der Waals surface area contributed by atoms with Crippen LogP contribution in [0.2, 0.25) is 0 Å². The molecule has 0 saturated carbocycles. The number of carbonyl (C=O) groups is 1. The maximum Gasteiger partial charge on any atom is 0.311 e. The minimum atomic E-state index is -0.213. The van der Waals surface area contributed by atoms with Crippen LogP contribution >= 0.6 is 11.5 Å². The average molecular weight is 320 g/mol. The summed E-state index contributed by atoms with van der Waals surface area (Å²) in [5, 5.41) is 0.459. The van der Waals surface area contributed by atoms with Crippen molar-refractivity contribution < 1.29 is 19.0 Å². The summed E-state index contributed by atoms with van der Waals surface area (Å²) in [7, 11) is 1.64. The van der Waals surface area contributed by atoms with Gasteiger partial charge < -0.3 is 14.2 Å². The van der Waals surface area contributed by atoms with E-state index >= 15 is 0 Å². The lowest BCUT2D eigenvalue weighted by atomic mass is 9.95. The quantitative estimate of drug-likeness (QED) is 0.623. The first kappa shape index (κ1) is 14.9. The molecule has 0 radical (unpaired) electrons. The number of aromatic nitrogens is 2. The van der Waals surface area contributed by atoms with Crippen LogP contribution in [0.15, 0.2) is 18.2 Å². The molecule has 0 amide bonds. The lowest BCUT2D eigenvalue weighted by Gasteiger charge is -2.21. The Morgan fingerprint density at radius 3 is 3.14 bits per heavy atom. The Balaban J connectivity index is 1.74. The van der Waals surface area contributed by atoms with Crippen LogP contribution in [0.1, 0.15) is 30.7 Å². The number of hydrogen-bond acceptors (Lipinski definition) is 7. The zero-order valence-corrected chi connectivity index (χ0v) is 13.2. The van der Waals surface area contributed by atoms with E-state index in [1.807, 2.05) is 19.1 Å². The molecule has 6 nitrogen and oxygen atoms in total. The SMILES string of the molecule is COCCc1nsc(Oc2ccc3c(c2)OC(=O)CC3C)n1. The number of esters is 1. The molecular weight excluding hydrogens is 304 g/mol. The smallest absolute Gasteiger partial charge is 0.311 e. The highest BCUT2D eigenvalue weighted by molar-refractivity contribution is 7.07. The van der Waals surface area contributed by atoms with Crippen molar-refractivity contribution in [2.75, 3.05) is 13.7 Å². The molecule has 1 aromatic carbocycles. The zero-order valence-electron chi connectivity index (χ0n) is 12.4. The molecule has 2 heterocycles. The van der Waals surface area contributed by atoms with Crippen LogP contribution in [0.25, 0.3) is 0 Å². The summed E-state index contributed by atoms with van der Waals surface area (Å²) in [4.78, 5) is 15.8. The van der Waals surface area contributed by atoms with Gasteiger partial charge in [0.1, 0.15) is 17.3 Å². The van der Waals surface area contributed by atoms with E-state index in [2.05, 4.69) is 9.36 Å². The van der Waals surface area contributed by atoms with E-state index in [9.17, 15) is 4.79 Å². The molecule has 1 aromatic heterocycles. The highest BCUT2D eigenvalue weighted by atomic mass is 32.1. The highest BCUT2D eigenvalue weighted by Crippen LogP contribution is 2.37. The Bertz CT molecular complexity index is 686. The Morgan fingerprint density at radius 2 is 2.32 bits per heavy atom. The Kier molecular flexibility index (Phi) is 4.35. The van der Waals surface area contributed by atoms with Gasteiger partial charge in [0.2, 0.25) is 0 Å². The second kappa shape index (κ2) is 6.41. The van der Waals surface area contributed by atoms with Gasteiger partial charge in [-0.05, 0) is 17.5 Å². The number of hydrogen-bond donors (Lipinski definition) is 0. The van der Waals surface area contributed by atoms with Gasteiger partial charge in [-0.15, -0.1) is 0 Å². The van der Waals surface area contributed by atoms with Crippen LogP contribution in [-0.2, 0) is 16.0 Å². The van der Waals surface area contributed by atoms with Crippen LogP contribution in [0.4, 0.5) is 0 Å². The third kappa shape index (κ3) is 3.26. The first-order valence-electron chi connectivity index (χ1n) is 6.99. The molecule has 3 rings (SSSR count). The zero-order chi connectivity index (χ0) is 15.5. The number of rotatable bonds is 5. The molecule has 1 atom stereocenters. The maximum absolute atomic E-state index is 11.5. The second-order valence-electron chi connectivity index (χ2n) is 5.10. The maximum atomic E-state index is 11.5. The standard InChI is InChI=1S/C15H16N2O4S/c1-9-7-14(18)21-12-8-10(3-4-11(9)12)20-15-16-13(17-22-15)5-6-19-2/h3-4,8-9H,5-7H2,1-2H3. The van der Waals surface area contributed by atoms with Crippen molar-refractivity contribution in [3.63, 3.8) is 0 Å². The molecule has 0 fully saturated rings. The van der Waals surface area contributed by atoms with Gasteiger partial charge in [0.05, 0.1) is 13.0 Å². The molecule has 0 N–H and O–H groups in total. The molecule has 0 bridgehead atoms. The normalized spacial score (nSPS) is 17.0. The Morgan fingerprint density at radius 1 is 1.45 bits per heavy atom. The van der Waals surface area contributed by atoms with Gasteiger partial charge in [0.15, 0.2) is 0 Å². The summed E-state index contributed by atoms with van der Waals surface area (Å²) in [6, 6.07) is 5.50. The van der Waals surface area contributed by atoms with Gasteiger partial charge in [0.25, 0.3) is 5.19 Å². The molecule has 22 heavy (non-hydrogen) atoms. The van der Waals surface area contributed by atoms with Crippen LogP contribution in [0.5, 0.6) is 16.7 Å². The number of fused-ring (bicyclic) bond motifs is 1. The predicted octanol–water partition coefficient (Wildman–Crippen LogP) is 2.93. The first-order valence-corrected chi connectivity index (χ1v) is 7.77. The molecular formula is C15H16N2O4S. The van der Waals surface area contributed by atoms with Crippen molar-refractivity contribution in [2.24, 2.45) is 0 Å². The Labute approximate surface area is 132 Å². The van der Waals surface area contributed by atoms with Crippen molar-refractivity contribution in [1.29, 1.82) is 0 Å². The fraction of sp³-hybridized carbons (Fsp3) is 0.400. The molecule has 7 heteroatoms. The van der Waals surface area contributed by atoms with Crippen LogP contribution in [0.3, 0.4) is 0 Å². The molecule has 1 aliphatic rings. The molecule has 0 saturated heterocycles. The number of benzene rings is 1. The lowest BCUT2D eigenvalue weighted by molar-refractivity contribution is -0.135. The van der Waals surface area contributed by atoms with Crippen molar-refractivity contribution >= 4 is 17.5 Å². The van der Waals surface area contributed by atoms with E-state index < -0.39 is 0 Å². The number of carbonyl (C=O) groups excluding carboxylic acids is 1. The number of methoxy groups -OCH3 is 1. The van der Waals surface area contributed by atoms with Crippen molar-refractivity contribution in [3.8, 4) is 16.7 Å². The first-order chi connectivity index (χ1) is 10.7. The molecule has 0 aliphatic carbocycles. The summed E-state index contributed by atoms with van der Waals surface area (Å²) in [6.07, 6.45) is 1.06. The minimum absolute atomic E-state index is 0.160. The molecule has 1 aliphatic heterocycles. The van der Waals surface area contributed by atoms with E-state index in [4.69, 9.17) is 14.2 Å². The molecule has 1 unspecified atom stereocenters. The van der Waals surface area contributed by atoms with Gasteiger partial charge in [-0.25, -0.2) is 0 Å². The largest absolute Gasteiger partial charge is 0.430 e. The van der Waals surface area contributed by atoms with Gasteiger partial charge >= 0.3 is 5.97 Å². The summed E-state index contributed by atoms with van der Waals surface area (Å²) < 4.78 is 20.2. The van der Waals surface area contributed by atoms with E-state index in [1.165, 1.54) is 11.5 Å². The van der Waals surface area contributed by atoms with Crippen LogP contribution < -0.4 is 9.47 Å². The van der Waals surface area contributed by atoms with Gasteiger partial charge in [-0.1, -0.05) is 13.0 Å². The second-order valence-corrected chi connectivity index (χ2v) is 5.81. The summed E-state index contributed by atoms with van der Waals surface area (Å²) in [5.41, 5.74) is 1.02. The van der Waals surface area contributed by atoms with Gasteiger partial charge in [-0.3, -0.25) is 4.79 Å².